The van der Waals surface area contributed by atoms with Crippen LogP contribution in [0.5, 0.6) is 11.5 Å². The Labute approximate surface area is 118 Å². The van der Waals surface area contributed by atoms with Crippen molar-refractivity contribution in [1.29, 1.82) is 5.26 Å². The maximum atomic E-state index is 12.7. The Morgan fingerprint density at radius 2 is 1.80 bits per heavy atom. The zero-order valence-electron chi connectivity index (χ0n) is 11.7. The molecule has 4 heteroatoms. The maximum Gasteiger partial charge on any atom is 0.164 e. The van der Waals surface area contributed by atoms with Gasteiger partial charge in [-0.2, -0.15) is 5.26 Å². The Kier molecular flexibility index (Phi) is 2.93. The summed E-state index contributed by atoms with van der Waals surface area (Å²) in [5.41, 5.74) is 1.32. The van der Waals surface area contributed by atoms with E-state index in [9.17, 15) is 10.1 Å². The molecular formula is C16H17NO3. The summed E-state index contributed by atoms with van der Waals surface area (Å²) in [4.78, 5) is 12.7. The number of ketones is 1. The van der Waals surface area contributed by atoms with E-state index in [4.69, 9.17) is 9.47 Å². The van der Waals surface area contributed by atoms with Crippen molar-refractivity contribution in [3.05, 3.63) is 23.3 Å². The Hall–Kier alpha value is -2.02. The predicted octanol–water partition coefficient (Wildman–Crippen LogP) is 2.71. The highest BCUT2D eigenvalue weighted by molar-refractivity contribution is 6.03. The van der Waals surface area contributed by atoms with Crippen molar-refractivity contribution in [3.63, 3.8) is 0 Å². The topological polar surface area (TPSA) is 59.3 Å². The number of nitriles is 1. The summed E-state index contributed by atoms with van der Waals surface area (Å²) >= 11 is 0. The van der Waals surface area contributed by atoms with E-state index in [0.29, 0.717) is 11.5 Å². The van der Waals surface area contributed by atoms with E-state index in [2.05, 4.69) is 6.07 Å². The average Bonchev–Trinajstić information content (AvgIpc) is 3.04. The lowest BCUT2D eigenvalue weighted by atomic mass is 9.79. The number of Topliss-reactive ketones (excluding diaryl/α,β-unsaturated/α-hetero) is 1. The maximum absolute atomic E-state index is 12.7. The van der Waals surface area contributed by atoms with E-state index in [-0.39, 0.29) is 5.78 Å². The number of benzene rings is 1. The number of hydrogen-bond acceptors (Lipinski definition) is 4. The van der Waals surface area contributed by atoms with Crippen LogP contribution in [0.25, 0.3) is 0 Å². The van der Waals surface area contributed by atoms with E-state index in [1.54, 1.807) is 20.3 Å². The highest BCUT2D eigenvalue weighted by Gasteiger charge is 2.53. The molecule has 1 spiro atoms. The summed E-state index contributed by atoms with van der Waals surface area (Å²) in [6.45, 7) is 0. The van der Waals surface area contributed by atoms with Gasteiger partial charge in [0.2, 0.25) is 0 Å². The lowest BCUT2D eigenvalue weighted by molar-refractivity contribution is -0.123. The molecule has 0 bridgehead atoms. The van der Waals surface area contributed by atoms with E-state index in [0.717, 1.165) is 36.8 Å². The zero-order valence-corrected chi connectivity index (χ0v) is 11.7. The molecule has 0 saturated heterocycles. The molecule has 3 rings (SSSR count). The van der Waals surface area contributed by atoms with Crippen LogP contribution in [0, 0.1) is 11.3 Å². The van der Waals surface area contributed by atoms with E-state index in [1.165, 1.54) is 0 Å². The average molecular weight is 271 g/mol. The minimum atomic E-state index is -0.664. The van der Waals surface area contributed by atoms with E-state index >= 15 is 0 Å². The first-order valence-corrected chi connectivity index (χ1v) is 6.88. The molecule has 0 N–H and O–H groups in total. The van der Waals surface area contributed by atoms with E-state index in [1.807, 2.05) is 6.07 Å². The predicted molar refractivity (Wildman–Crippen MR) is 73.1 cm³/mol. The van der Waals surface area contributed by atoms with Gasteiger partial charge in [-0.3, -0.25) is 4.79 Å². The Balaban J connectivity index is 2.24. The monoisotopic (exact) mass is 271 g/mol. The summed E-state index contributed by atoms with van der Waals surface area (Å²) in [5, 5.41) is 9.37. The highest BCUT2D eigenvalue weighted by atomic mass is 16.5. The van der Waals surface area contributed by atoms with Crippen LogP contribution in [0.4, 0.5) is 0 Å². The fraction of sp³-hybridized carbons (Fsp3) is 0.500. The fourth-order valence-electron chi connectivity index (χ4n) is 3.72. The fourth-order valence-corrected chi connectivity index (χ4v) is 3.72. The van der Waals surface area contributed by atoms with Gasteiger partial charge in [0.25, 0.3) is 0 Å². The molecule has 0 radical (unpaired) electrons. The van der Waals surface area contributed by atoms with Crippen LogP contribution in [0.1, 0.15) is 42.7 Å². The first-order chi connectivity index (χ1) is 9.67. The molecule has 1 aromatic rings. The third-order valence-corrected chi connectivity index (χ3v) is 4.70. The minimum Gasteiger partial charge on any atom is -0.493 e. The normalized spacial score (nSPS) is 22.6. The Bertz CT molecular complexity index is 609. The quantitative estimate of drug-likeness (QED) is 0.829. The van der Waals surface area contributed by atoms with Crippen LogP contribution in [-0.2, 0) is 10.2 Å². The molecule has 1 aromatic carbocycles. The molecule has 1 unspecified atom stereocenters. The van der Waals surface area contributed by atoms with Gasteiger partial charge < -0.3 is 9.47 Å². The molecule has 104 valence electrons. The van der Waals surface area contributed by atoms with Crippen molar-refractivity contribution in [3.8, 4) is 17.6 Å². The Morgan fingerprint density at radius 3 is 2.35 bits per heavy atom. The van der Waals surface area contributed by atoms with Crippen molar-refractivity contribution in [2.75, 3.05) is 14.2 Å². The van der Waals surface area contributed by atoms with Crippen molar-refractivity contribution in [2.24, 2.45) is 0 Å². The molecule has 0 heterocycles. The minimum absolute atomic E-state index is 0.0582. The first kappa shape index (κ1) is 13.0. The lowest BCUT2D eigenvalue weighted by Crippen LogP contribution is -2.29. The highest BCUT2D eigenvalue weighted by Crippen LogP contribution is 2.54. The van der Waals surface area contributed by atoms with Crippen molar-refractivity contribution in [2.45, 2.75) is 37.0 Å². The van der Waals surface area contributed by atoms with Crippen molar-refractivity contribution < 1.29 is 14.3 Å². The third kappa shape index (κ3) is 1.49. The molecular weight excluding hydrogens is 254 g/mol. The number of fused-ring (bicyclic) bond motifs is 2. The molecule has 2 aliphatic rings. The molecule has 1 fully saturated rings. The molecule has 20 heavy (non-hydrogen) atoms. The second kappa shape index (κ2) is 4.52. The van der Waals surface area contributed by atoms with Crippen LogP contribution in [-0.4, -0.2) is 20.0 Å². The van der Waals surface area contributed by atoms with Gasteiger partial charge in [0.1, 0.15) is 5.92 Å². The standard InChI is InChI=1S/C16H17NO3/c1-19-13-7-10-11(9-17)15(18)16(5-3-4-6-16)12(10)8-14(13)20-2/h7-8,11H,3-6H2,1-2H3. The summed E-state index contributed by atoms with van der Waals surface area (Å²) in [5.74, 6) is 0.601. The van der Waals surface area contributed by atoms with Gasteiger partial charge in [0, 0.05) is 0 Å². The number of carbonyl (C=O) groups excluding carboxylic acids is 1. The molecule has 0 aromatic heterocycles. The summed E-state index contributed by atoms with van der Waals surface area (Å²) in [7, 11) is 3.15. The molecule has 1 saturated carbocycles. The van der Waals surface area contributed by atoms with Gasteiger partial charge in [0.15, 0.2) is 17.3 Å². The van der Waals surface area contributed by atoms with Crippen LogP contribution in [0.15, 0.2) is 12.1 Å². The van der Waals surface area contributed by atoms with Gasteiger partial charge >= 0.3 is 0 Å². The van der Waals surface area contributed by atoms with Gasteiger partial charge in [0.05, 0.1) is 25.7 Å². The van der Waals surface area contributed by atoms with Crippen LogP contribution in [0.2, 0.25) is 0 Å². The van der Waals surface area contributed by atoms with Crippen LogP contribution in [0.3, 0.4) is 0 Å². The second-order valence-electron chi connectivity index (χ2n) is 5.51. The van der Waals surface area contributed by atoms with E-state index < -0.39 is 11.3 Å². The van der Waals surface area contributed by atoms with Crippen LogP contribution < -0.4 is 9.47 Å². The number of ether oxygens (including phenoxy) is 2. The molecule has 1 atom stereocenters. The summed E-state index contributed by atoms with van der Waals surface area (Å²) in [6.07, 6.45) is 3.76. The number of carbonyl (C=O) groups is 1. The Morgan fingerprint density at radius 1 is 1.20 bits per heavy atom. The number of nitrogens with zero attached hydrogens (tertiary/aromatic N) is 1. The van der Waals surface area contributed by atoms with Gasteiger partial charge in [-0.15, -0.1) is 0 Å². The van der Waals surface area contributed by atoms with Crippen LogP contribution >= 0.6 is 0 Å². The lowest BCUT2D eigenvalue weighted by Gasteiger charge is -2.23. The number of methoxy groups -OCH3 is 2. The number of hydrogen-bond donors (Lipinski definition) is 0. The van der Waals surface area contributed by atoms with Gasteiger partial charge in [-0.25, -0.2) is 0 Å². The SMILES string of the molecule is COc1cc2c(cc1OC)C1(CCCC1)C(=O)C2C#N. The van der Waals surface area contributed by atoms with Gasteiger partial charge in [-0.1, -0.05) is 12.8 Å². The zero-order chi connectivity index (χ0) is 14.3. The second-order valence-corrected chi connectivity index (χ2v) is 5.51. The summed E-state index contributed by atoms with van der Waals surface area (Å²) in [6, 6.07) is 5.86. The van der Waals surface area contributed by atoms with Gasteiger partial charge in [-0.05, 0) is 36.1 Å². The molecule has 4 nitrogen and oxygen atoms in total. The molecule has 0 aliphatic heterocycles. The van der Waals surface area contributed by atoms with Crippen molar-refractivity contribution >= 4 is 5.78 Å². The smallest absolute Gasteiger partial charge is 0.164 e. The third-order valence-electron chi connectivity index (χ3n) is 4.70. The molecule has 2 aliphatic carbocycles. The first-order valence-electron chi connectivity index (χ1n) is 6.88. The number of rotatable bonds is 2. The molecule has 0 amide bonds. The largest absolute Gasteiger partial charge is 0.493 e. The van der Waals surface area contributed by atoms with Crippen molar-refractivity contribution in [1.82, 2.24) is 0 Å². The summed E-state index contributed by atoms with van der Waals surface area (Å²) < 4.78 is 10.6.